The summed E-state index contributed by atoms with van der Waals surface area (Å²) in [6, 6.07) is 16.6. The molecule has 1 amide bonds. The Morgan fingerprint density at radius 1 is 0.971 bits per heavy atom. The summed E-state index contributed by atoms with van der Waals surface area (Å²) in [6.07, 6.45) is 4.79. The fraction of sp³-hybridized carbons (Fsp3) is 0.0400. The second-order valence-corrected chi connectivity index (χ2v) is 7.24. The van der Waals surface area contributed by atoms with Crippen LogP contribution in [0.5, 0.6) is 17.2 Å². The van der Waals surface area contributed by atoms with E-state index in [4.69, 9.17) is 9.47 Å². The second kappa shape index (κ2) is 8.99. The summed E-state index contributed by atoms with van der Waals surface area (Å²) in [5, 5.41) is 3.35. The summed E-state index contributed by atoms with van der Waals surface area (Å²) in [7, 11) is 1.59. The van der Waals surface area contributed by atoms with Gasteiger partial charge in [-0.3, -0.25) is 4.79 Å². The van der Waals surface area contributed by atoms with Crippen LogP contribution in [0.15, 0.2) is 79.3 Å². The highest BCUT2D eigenvalue weighted by Crippen LogP contribution is 2.31. The van der Waals surface area contributed by atoms with Gasteiger partial charge in [-0.25, -0.2) is 19.3 Å². The van der Waals surface area contributed by atoms with E-state index >= 15 is 0 Å². The van der Waals surface area contributed by atoms with Gasteiger partial charge in [0.1, 0.15) is 17.1 Å². The molecular formula is C25H18FN5O3. The molecule has 0 bridgehead atoms. The van der Waals surface area contributed by atoms with Crippen molar-refractivity contribution in [2.75, 3.05) is 12.4 Å². The number of amides is 1. The van der Waals surface area contributed by atoms with Crippen molar-refractivity contribution in [1.29, 1.82) is 0 Å². The van der Waals surface area contributed by atoms with Gasteiger partial charge in [-0.15, -0.1) is 0 Å². The van der Waals surface area contributed by atoms with Crippen LogP contribution in [0.2, 0.25) is 0 Å². The van der Waals surface area contributed by atoms with Crippen LogP contribution in [0.4, 0.5) is 10.1 Å². The van der Waals surface area contributed by atoms with Crippen LogP contribution in [0.25, 0.3) is 22.3 Å². The zero-order valence-electron chi connectivity index (χ0n) is 17.9. The molecule has 0 unspecified atom stereocenters. The van der Waals surface area contributed by atoms with E-state index < -0.39 is 11.7 Å². The smallest absolute Gasteiger partial charge is 0.293 e. The minimum atomic E-state index is -0.633. The molecule has 0 atom stereocenters. The first-order chi connectivity index (χ1) is 16.6. The molecule has 0 fully saturated rings. The topological polar surface area (TPSA) is 102 Å². The van der Waals surface area contributed by atoms with E-state index in [-0.39, 0.29) is 17.3 Å². The van der Waals surface area contributed by atoms with Gasteiger partial charge in [0.2, 0.25) is 5.82 Å². The highest BCUT2D eigenvalue weighted by molar-refractivity contribution is 6.01. The molecule has 5 aromatic rings. The third-order valence-electron chi connectivity index (χ3n) is 5.07. The van der Waals surface area contributed by atoms with Crippen LogP contribution in [0.1, 0.15) is 10.6 Å². The number of methoxy groups -OCH3 is 1. The van der Waals surface area contributed by atoms with Crippen molar-refractivity contribution < 1.29 is 18.7 Å². The van der Waals surface area contributed by atoms with Crippen molar-refractivity contribution in [2.45, 2.75) is 0 Å². The fourth-order valence-corrected chi connectivity index (χ4v) is 3.38. The van der Waals surface area contributed by atoms with Gasteiger partial charge >= 0.3 is 0 Å². The predicted octanol–water partition coefficient (Wildman–Crippen LogP) is 5.21. The first-order valence-corrected chi connectivity index (χ1v) is 10.3. The van der Waals surface area contributed by atoms with Crippen molar-refractivity contribution in [3.8, 4) is 28.5 Å². The minimum absolute atomic E-state index is 0.0180. The summed E-state index contributed by atoms with van der Waals surface area (Å²) >= 11 is 0. The summed E-state index contributed by atoms with van der Waals surface area (Å²) in [5.74, 6) is -0.0414. The normalized spacial score (nSPS) is 10.8. The number of aromatic nitrogens is 4. The van der Waals surface area contributed by atoms with E-state index in [0.717, 1.165) is 10.9 Å². The Kier molecular flexibility index (Phi) is 5.57. The first kappa shape index (κ1) is 21.1. The number of aromatic amines is 1. The highest BCUT2D eigenvalue weighted by atomic mass is 19.1. The summed E-state index contributed by atoms with van der Waals surface area (Å²) < 4.78 is 25.6. The van der Waals surface area contributed by atoms with Gasteiger partial charge in [0.25, 0.3) is 5.91 Å². The van der Waals surface area contributed by atoms with Crippen molar-refractivity contribution in [1.82, 2.24) is 19.9 Å². The molecule has 34 heavy (non-hydrogen) atoms. The number of ether oxygens (including phenoxy) is 2. The van der Waals surface area contributed by atoms with Crippen LogP contribution in [0.3, 0.4) is 0 Å². The molecule has 168 valence electrons. The number of fused-ring (bicyclic) bond motifs is 1. The molecule has 5 rings (SSSR count). The minimum Gasteiger partial charge on any atom is -0.497 e. The third kappa shape index (κ3) is 4.26. The zero-order chi connectivity index (χ0) is 23.5. The highest BCUT2D eigenvalue weighted by Gasteiger charge is 2.14. The summed E-state index contributed by atoms with van der Waals surface area (Å²) in [6.45, 7) is 0. The number of H-pyrrole nitrogens is 1. The number of nitrogens with zero attached hydrogens (tertiary/aromatic N) is 3. The Bertz CT molecular complexity index is 1480. The third-order valence-corrected chi connectivity index (χ3v) is 5.07. The lowest BCUT2D eigenvalue weighted by atomic mass is 10.1. The Labute approximate surface area is 193 Å². The van der Waals surface area contributed by atoms with Gasteiger partial charge in [0, 0.05) is 35.9 Å². The number of benzene rings is 2. The molecule has 0 aliphatic rings. The number of hydrogen-bond acceptors (Lipinski definition) is 6. The van der Waals surface area contributed by atoms with Gasteiger partial charge in [-0.1, -0.05) is 0 Å². The lowest BCUT2D eigenvalue weighted by Gasteiger charge is -2.10. The van der Waals surface area contributed by atoms with Crippen LogP contribution >= 0.6 is 0 Å². The monoisotopic (exact) mass is 455 g/mol. The molecule has 2 N–H and O–H groups in total. The maximum Gasteiger partial charge on any atom is 0.293 e. The largest absolute Gasteiger partial charge is 0.497 e. The second-order valence-electron chi connectivity index (χ2n) is 7.24. The molecule has 2 aromatic carbocycles. The first-order valence-electron chi connectivity index (χ1n) is 10.3. The summed E-state index contributed by atoms with van der Waals surface area (Å²) in [5.41, 5.74) is 2.26. The van der Waals surface area contributed by atoms with Gasteiger partial charge in [-0.05, 0) is 54.6 Å². The summed E-state index contributed by atoms with van der Waals surface area (Å²) in [4.78, 5) is 28.2. The molecule has 0 aliphatic heterocycles. The quantitative estimate of drug-likeness (QED) is 0.364. The molecule has 3 heterocycles. The maximum atomic E-state index is 14.7. The molecule has 9 heteroatoms. The van der Waals surface area contributed by atoms with Crippen LogP contribution in [0, 0.1) is 5.82 Å². The number of halogens is 1. The average Bonchev–Trinajstić information content (AvgIpc) is 3.36. The molecule has 0 saturated heterocycles. The number of rotatable bonds is 6. The van der Waals surface area contributed by atoms with Crippen molar-refractivity contribution in [3.63, 3.8) is 0 Å². The molecule has 0 spiro atoms. The zero-order valence-corrected chi connectivity index (χ0v) is 17.9. The van der Waals surface area contributed by atoms with E-state index in [1.165, 1.54) is 18.3 Å². The van der Waals surface area contributed by atoms with Gasteiger partial charge in [-0.2, -0.15) is 0 Å². The number of anilines is 1. The Morgan fingerprint density at radius 3 is 2.59 bits per heavy atom. The molecule has 8 nitrogen and oxygen atoms in total. The lowest BCUT2D eigenvalue weighted by Crippen LogP contribution is -2.16. The molecule has 3 aromatic heterocycles. The fourth-order valence-electron chi connectivity index (χ4n) is 3.38. The van der Waals surface area contributed by atoms with Gasteiger partial charge in [0.15, 0.2) is 11.6 Å². The van der Waals surface area contributed by atoms with Crippen LogP contribution in [-0.2, 0) is 0 Å². The predicted molar refractivity (Wildman–Crippen MR) is 125 cm³/mol. The number of hydrogen-bond donors (Lipinski definition) is 2. The maximum absolute atomic E-state index is 14.7. The van der Waals surface area contributed by atoms with Gasteiger partial charge < -0.3 is 19.8 Å². The molecule has 0 aliphatic carbocycles. The average molecular weight is 455 g/mol. The standard InChI is InChI=1S/C25H18FN5O3/c1-33-17-5-2-15(3-6-17)20-9-12-29-24(31-20)25(32)30-16-4-7-22(19(26)14-16)34-21-10-13-28-23-18(21)8-11-27-23/h2-14H,1H3,(H,27,28)(H,30,32). The number of carbonyl (C=O) groups is 1. The van der Waals surface area contributed by atoms with Crippen LogP contribution in [-0.4, -0.2) is 33.0 Å². The number of pyridine rings is 1. The Hall–Kier alpha value is -4.79. The molecular weight excluding hydrogens is 437 g/mol. The van der Waals surface area contributed by atoms with Crippen molar-refractivity contribution in [3.05, 3.63) is 90.9 Å². The van der Waals surface area contributed by atoms with E-state index in [0.29, 0.717) is 22.8 Å². The number of nitrogens with one attached hydrogen (secondary N) is 2. The van der Waals surface area contributed by atoms with E-state index in [1.54, 1.807) is 55.9 Å². The molecule has 0 saturated carbocycles. The van der Waals surface area contributed by atoms with Gasteiger partial charge in [0.05, 0.1) is 18.2 Å². The van der Waals surface area contributed by atoms with Crippen molar-refractivity contribution >= 4 is 22.6 Å². The van der Waals surface area contributed by atoms with E-state index in [1.807, 2.05) is 12.1 Å². The molecule has 0 radical (unpaired) electrons. The SMILES string of the molecule is COc1ccc(-c2ccnc(C(=O)Nc3ccc(Oc4ccnc5[nH]ccc45)c(F)c3)n2)cc1. The Morgan fingerprint density at radius 2 is 1.79 bits per heavy atom. The Balaban J connectivity index is 1.32. The van der Waals surface area contributed by atoms with Crippen LogP contribution < -0.4 is 14.8 Å². The van der Waals surface area contributed by atoms with Crippen molar-refractivity contribution in [2.24, 2.45) is 0 Å². The van der Waals surface area contributed by atoms with E-state index in [2.05, 4.69) is 25.3 Å². The lowest BCUT2D eigenvalue weighted by molar-refractivity contribution is 0.101. The number of carbonyl (C=O) groups excluding carboxylic acids is 1. The van der Waals surface area contributed by atoms with E-state index in [9.17, 15) is 9.18 Å².